The highest BCUT2D eigenvalue weighted by molar-refractivity contribution is 7.08. The van der Waals surface area contributed by atoms with Crippen LogP contribution in [0.4, 0.5) is 5.69 Å². The molecule has 0 spiro atoms. The van der Waals surface area contributed by atoms with E-state index in [1.54, 1.807) is 5.38 Å². The first-order chi connectivity index (χ1) is 11.6. The van der Waals surface area contributed by atoms with Crippen LogP contribution in [0.15, 0.2) is 35.0 Å². The molecular weight excluding hydrogens is 326 g/mol. The summed E-state index contributed by atoms with van der Waals surface area (Å²) in [5.74, 6) is -0.156. The lowest BCUT2D eigenvalue weighted by Gasteiger charge is -2.11. The third kappa shape index (κ3) is 3.94. The molecule has 0 radical (unpaired) electrons. The highest BCUT2D eigenvalue weighted by Gasteiger charge is 2.17. The van der Waals surface area contributed by atoms with E-state index in [4.69, 9.17) is 9.84 Å². The number of rotatable bonds is 6. The van der Waals surface area contributed by atoms with Crippen LogP contribution < -0.4 is 10.1 Å². The van der Waals surface area contributed by atoms with E-state index < -0.39 is 5.97 Å². The summed E-state index contributed by atoms with van der Waals surface area (Å²) in [6.07, 6.45) is 5.08. The van der Waals surface area contributed by atoms with Gasteiger partial charge in [-0.1, -0.05) is 25.0 Å². The second-order valence-corrected chi connectivity index (χ2v) is 6.64. The zero-order valence-electron chi connectivity index (χ0n) is 13.2. The predicted octanol–water partition coefficient (Wildman–Crippen LogP) is 4.12. The van der Waals surface area contributed by atoms with Gasteiger partial charge in [0.1, 0.15) is 5.75 Å². The van der Waals surface area contributed by atoms with E-state index in [0.29, 0.717) is 17.4 Å². The molecule has 1 saturated carbocycles. The van der Waals surface area contributed by atoms with Gasteiger partial charge in [-0.25, -0.2) is 4.79 Å². The molecule has 2 N–H and O–H groups in total. The van der Waals surface area contributed by atoms with Crippen molar-refractivity contribution in [3.05, 3.63) is 46.2 Å². The number of hydrogen-bond acceptors (Lipinski definition) is 4. The van der Waals surface area contributed by atoms with Crippen molar-refractivity contribution >= 4 is 28.9 Å². The predicted molar refractivity (Wildman–Crippen MR) is 93.1 cm³/mol. The Morgan fingerprint density at radius 2 is 1.88 bits per heavy atom. The molecule has 1 fully saturated rings. The second kappa shape index (κ2) is 7.49. The van der Waals surface area contributed by atoms with Crippen LogP contribution >= 0.6 is 11.3 Å². The molecule has 5 nitrogen and oxygen atoms in total. The maximum absolute atomic E-state index is 11.9. The van der Waals surface area contributed by atoms with Gasteiger partial charge in [0, 0.05) is 10.8 Å². The molecule has 0 atom stereocenters. The number of ether oxygens (including phenoxy) is 1. The lowest BCUT2D eigenvalue weighted by Crippen LogP contribution is -2.21. The van der Waals surface area contributed by atoms with Gasteiger partial charge in [0.25, 0.3) is 5.91 Å². The molecule has 0 aliphatic heterocycles. The van der Waals surface area contributed by atoms with Gasteiger partial charge in [-0.05, 0) is 36.5 Å². The summed E-state index contributed by atoms with van der Waals surface area (Å²) < 4.78 is 5.48. The molecule has 24 heavy (non-hydrogen) atoms. The molecule has 1 amide bonds. The number of benzene rings is 1. The Labute approximate surface area is 144 Å². The molecule has 126 valence electrons. The number of carbonyl (C=O) groups excluding carboxylic acids is 1. The lowest BCUT2D eigenvalue weighted by molar-refractivity contribution is -0.118. The topological polar surface area (TPSA) is 75.6 Å². The molecule has 1 heterocycles. The molecule has 3 rings (SSSR count). The number of aromatic carboxylic acids is 1. The summed E-state index contributed by atoms with van der Waals surface area (Å²) >= 11 is 1.23. The van der Waals surface area contributed by atoms with E-state index in [9.17, 15) is 9.59 Å². The normalized spacial score (nSPS) is 14.5. The summed E-state index contributed by atoms with van der Waals surface area (Å²) in [4.78, 5) is 22.9. The van der Waals surface area contributed by atoms with Crippen LogP contribution in [0.2, 0.25) is 0 Å². The lowest BCUT2D eigenvalue weighted by atomic mass is 9.98. The average molecular weight is 345 g/mol. The third-order valence-electron chi connectivity index (χ3n) is 4.24. The molecule has 0 saturated heterocycles. The SMILES string of the molecule is O=C(COc1ccc(C2CCCC2)cc1)Nc1cscc1C(=O)O. The molecule has 2 aromatic rings. The minimum absolute atomic E-state index is 0.0919. The Morgan fingerprint density at radius 1 is 1.17 bits per heavy atom. The average Bonchev–Trinajstić information content (AvgIpc) is 3.25. The largest absolute Gasteiger partial charge is 0.484 e. The number of anilines is 1. The highest BCUT2D eigenvalue weighted by atomic mass is 32.1. The smallest absolute Gasteiger partial charge is 0.338 e. The first-order valence-electron chi connectivity index (χ1n) is 7.95. The summed E-state index contributed by atoms with van der Waals surface area (Å²) in [6, 6.07) is 7.89. The van der Waals surface area contributed by atoms with E-state index in [2.05, 4.69) is 17.4 Å². The Hall–Kier alpha value is -2.34. The second-order valence-electron chi connectivity index (χ2n) is 5.89. The van der Waals surface area contributed by atoms with Gasteiger partial charge in [-0.2, -0.15) is 0 Å². The van der Waals surface area contributed by atoms with Crippen molar-refractivity contribution in [2.24, 2.45) is 0 Å². The minimum Gasteiger partial charge on any atom is -0.484 e. The van der Waals surface area contributed by atoms with Gasteiger partial charge in [-0.15, -0.1) is 11.3 Å². The van der Waals surface area contributed by atoms with E-state index in [0.717, 1.165) is 0 Å². The number of amides is 1. The number of carboxylic acid groups (broad SMARTS) is 1. The Bertz CT molecular complexity index is 717. The number of carbonyl (C=O) groups is 2. The summed E-state index contributed by atoms with van der Waals surface area (Å²) in [7, 11) is 0. The monoisotopic (exact) mass is 345 g/mol. The van der Waals surface area contributed by atoms with E-state index >= 15 is 0 Å². The fraction of sp³-hybridized carbons (Fsp3) is 0.333. The van der Waals surface area contributed by atoms with Gasteiger partial charge in [0.15, 0.2) is 6.61 Å². The first kappa shape index (κ1) is 16.5. The van der Waals surface area contributed by atoms with Crippen molar-refractivity contribution in [3.63, 3.8) is 0 Å². The molecule has 1 aromatic carbocycles. The van der Waals surface area contributed by atoms with E-state index in [1.165, 1.54) is 48.0 Å². The van der Waals surface area contributed by atoms with E-state index in [-0.39, 0.29) is 18.1 Å². The number of carboxylic acids is 1. The van der Waals surface area contributed by atoms with Gasteiger partial charge in [-0.3, -0.25) is 4.79 Å². The molecule has 1 aliphatic carbocycles. The number of thiophene rings is 1. The van der Waals surface area contributed by atoms with Crippen molar-refractivity contribution in [2.45, 2.75) is 31.6 Å². The third-order valence-corrected chi connectivity index (χ3v) is 4.99. The Morgan fingerprint density at radius 3 is 2.54 bits per heavy atom. The van der Waals surface area contributed by atoms with Gasteiger partial charge in [0.05, 0.1) is 11.3 Å². The van der Waals surface area contributed by atoms with Crippen LogP contribution in [-0.4, -0.2) is 23.6 Å². The van der Waals surface area contributed by atoms with Gasteiger partial charge < -0.3 is 15.2 Å². The highest BCUT2D eigenvalue weighted by Crippen LogP contribution is 2.34. The zero-order chi connectivity index (χ0) is 16.9. The van der Waals surface area contributed by atoms with Crippen LogP contribution in [0.25, 0.3) is 0 Å². The fourth-order valence-corrected chi connectivity index (χ4v) is 3.74. The van der Waals surface area contributed by atoms with Crippen LogP contribution in [-0.2, 0) is 4.79 Å². The number of nitrogens with one attached hydrogen (secondary N) is 1. The standard InChI is InChI=1S/C18H19NO4S/c20-17(19-16-11-24-10-15(16)18(21)22)9-23-14-7-5-13(6-8-14)12-3-1-2-4-12/h5-8,10-12H,1-4,9H2,(H,19,20)(H,21,22). The van der Waals surface area contributed by atoms with Crippen molar-refractivity contribution in [3.8, 4) is 5.75 Å². The molecule has 6 heteroatoms. The molecule has 0 unspecified atom stereocenters. The van der Waals surface area contributed by atoms with Crippen LogP contribution in [0, 0.1) is 0 Å². The summed E-state index contributed by atoms with van der Waals surface area (Å²) in [6.45, 7) is -0.155. The Kier molecular flexibility index (Phi) is 5.15. The fourth-order valence-electron chi connectivity index (χ4n) is 2.99. The van der Waals surface area contributed by atoms with Crippen LogP contribution in [0.5, 0.6) is 5.75 Å². The van der Waals surface area contributed by atoms with Gasteiger partial charge in [0.2, 0.25) is 0 Å². The van der Waals surface area contributed by atoms with Crippen molar-refractivity contribution in [1.82, 2.24) is 0 Å². The van der Waals surface area contributed by atoms with E-state index in [1.807, 2.05) is 12.1 Å². The summed E-state index contributed by atoms with van der Waals surface area (Å²) in [5, 5.41) is 14.7. The molecule has 1 aliphatic rings. The summed E-state index contributed by atoms with van der Waals surface area (Å²) in [5.41, 5.74) is 1.72. The minimum atomic E-state index is -1.06. The Balaban J connectivity index is 1.52. The first-order valence-corrected chi connectivity index (χ1v) is 8.90. The zero-order valence-corrected chi connectivity index (χ0v) is 14.0. The molecular formula is C18H19NO4S. The maximum atomic E-state index is 11.9. The van der Waals surface area contributed by atoms with Crippen molar-refractivity contribution in [1.29, 1.82) is 0 Å². The quantitative estimate of drug-likeness (QED) is 0.826. The van der Waals surface area contributed by atoms with Gasteiger partial charge >= 0.3 is 5.97 Å². The number of hydrogen-bond donors (Lipinski definition) is 2. The van der Waals surface area contributed by atoms with Crippen molar-refractivity contribution < 1.29 is 19.4 Å². The maximum Gasteiger partial charge on any atom is 0.338 e. The van der Waals surface area contributed by atoms with Crippen LogP contribution in [0.1, 0.15) is 47.5 Å². The molecule has 1 aromatic heterocycles. The molecule has 0 bridgehead atoms. The van der Waals surface area contributed by atoms with Crippen LogP contribution in [0.3, 0.4) is 0 Å². The van der Waals surface area contributed by atoms with Crippen molar-refractivity contribution in [2.75, 3.05) is 11.9 Å².